The van der Waals surface area contributed by atoms with E-state index in [1.165, 1.54) is 0 Å². The van der Waals surface area contributed by atoms with Crippen molar-refractivity contribution in [1.82, 2.24) is 25.1 Å². The second-order valence-corrected chi connectivity index (χ2v) is 11.3. The Labute approximate surface area is 217 Å². The van der Waals surface area contributed by atoms with Gasteiger partial charge in [-0.15, -0.1) is 0 Å². The highest BCUT2D eigenvalue weighted by molar-refractivity contribution is 9.10. The summed E-state index contributed by atoms with van der Waals surface area (Å²) in [6.07, 6.45) is 2.74. The standard InChI is InChI=1S/C23H26BrN9O2S/c1-32-9-11-33(12-10-32)22-16-8-7-15(13-20(16)29-30-22)26-23-25-14-17(24)21(28-23)27-18-5-3-4-6-19(18)31-36(2,34)35/h3-8,13-14,31H,9-12H2,1-2H3,(H,29,30)(H2,25,26,27,28). The number of para-hydroxylation sites is 2. The van der Waals surface area contributed by atoms with E-state index >= 15 is 0 Å². The summed E-state index contributed by atoms with van der Waals surface area (Å²) >= 11 is 3.46. The van der Waals surface area contributed by atoms with Gasteiger partial charge in [0.2, 0.25) is 16.0 Å². The Morgan fingerprint density at radius 2 is 1.78 bits per heavy atom. The third-order valence-electron chi connectivity index (χ3n) is 5.82. The maximum atomic E-state index is 11.7. The van der Waals surface area contributed by atoms with Gasteiger partial charge in [-0.25, -0.2) is 13.4 Å². The molecule has 3 heterocycles. The number of hydrogen-bond donors (Lipinski definition) is 4. The Balaban J connectivity index is 1.35. The molecule has 1 saturated heterocycles. The third kappa shape index (κ3) is 5.53. The number of sulfonamides is 1. The first kappa shape index (κ1) is 24.3. The van der Waals surface area contributed by atoms with Gasteiger partial charge in [-0.1, -0.05) is 12.1 Å². The Bertz CT molecular complexity index is 1500. The van der Waals surface area contributed by atoms with E-state index in [2.05, 4.69) is 68.3 Å². The summed E-state index contributed by atoms with van der Waals surface area (Å²) < 4.78 is 26.6. The highest BCUT2D eigenvalue weighted by Crippen LogP contribution is 2.31. The minimum absolute atomic E-state index is 0.382. The molecule has 1 fully saturated rings. The molecule has 36 heavy (non-hydrogen) atoms. The van der Waals surface area contributed by atoms with Crippen molar-refractivity contribution in [2.24, 2.45) is 0 Å². The molecular weight excluding hydrogens is 546 g/mol. The van der Waals surface area contributed by atoms with Gasteiger partial charge >= 0.3 is 0 Å². The van der Waals surface area contributed by atoms with Crippen molar-refractivity contribution in [2.45, 2.75) is 0 Å². The molecule has 4 aromatic rings. The van der Waals surface area contributed by atoms with Crippen LogP contribution in [0.2, 0.25) is 0 Å². The summed E-state index contributed by atoms with van der Waals surface area (Å²) in [5.74, 6) is 1.83. The number of aromatic nitrogens is 4. The van der Waals surface area contributed by atoms with E-state index in [4.69, 9.17) is 0 Å². The average molecular weight is 572 g/mol. The maximum Gasteiger partial charge on any atom is 0.229 e. The van der Waals surface area contributed by atoms with E-state index in [1.54, 1.807) is 30.5 Å². The fraction of sp³-hybridized carbons (Fsp3) is 0.261. The Hall–Kier alpha value is -3.42. The average Bonchev–Trinajstić information content (AvgIpc) is 3.25. The number of fused-ring (bicyclic) bond motifs is 1. The molecular formula is C23H26BrN9O2S. The number of hydrogen-bond acceptors (Lipinski definition) is 9. The summed E-state index contributed by atoms with van der Waals surface area (Å²) in [7, 11) is -1.30. The second kappa shape index (κ2) is 9.91. The molecule has 2 aromatic carbocycles. The van der Waals surface area contributed by atoms with Gasteiger partial charge < -0.3 is 20.4 Å². The summed E-state index contributed by atoms with van der Waals surface area (Å²) in [6.45, 7) is 3.92. The van der Waals surface area contributed by atoms with Crippen LogP contribution in [0.25, 0.3) is 10.9 Å². The van der Waals surface area contributed by atoms with Crippen molar-refractivity contribution in [3.63, 3.8) is 0 Å². The zero-order valence-electron chi connectivity index (χ0n) is 19.8. The monoisotopic (exact) mass is 571 g/mol. The van der Waals surface area contributed by atoms with Gasteiger partial charge in [0.25, 0.3) is 0 Å². The molecule has 0 bridgehead atoms. The molecule has 0 atom stereocenters. The van der Waals surface area contributed by atoms with Crippen LogP contribution < -0.4 is 20.3 Å². The largest absolute Gasteiger partial charge is 0.352 e. The number of H-pyrrole nitrogens is 1. The number of aromatic amines is 1. The van der Waals surface area contributed by atoms with Crippen LogP contribution in [-0.2, 0) is 10.0 Å². The van der Waals surface area contributed by atoms with Crippen molar-refractivity contribution in [2.75, 3.05) is 59.7 Å². The minimum Gasteiger partial charge on any atom is -0.352 e. The van der Waals surface area contributed by atoms with Crippen LogP contribution in [0.5, 0.6) is 0 Å². The van der Waals surface area contributed by atoms with Crippen LogP contribution in [0.4, 0.5) is 34.6 Å². The number of likely N-dealkylation sites (N-methyl/N-ethyl adjacent to an activating group) is 1. The third-order valence-corrected chi connectivity index (χ3v) is 6.99. The molecule has 0 aliphatic carbocycles. The van der Waals surface area contributed by atoms with Crippen LogP contribution in [0, 0.1) is 0 Å². The highest BCUT2D eigenvalue weighted by Gasteiger charge is 2.19. The molecule has 13 heteroatoms. The predicted octanol–water partition coefficient (Wildman–Crippen LogP) is 3.73. The van der Waals surface area contributed by atoms with Crippen molar-refractivity contribution >= 4 is 71.5 Å². The van der Waals surface area contributed by atoms with Gasteiger partial charge in [-0.05, 0) is 53.3 Å². The smallest absolute Gasteiger partial charge is 0.229 e. The van der Waals surface area contributed by atoms with Gasteiger partial charge in [0.05, 0.1) is 27.6 Å². The molecule has 0 radical (unpaired) electrons. The topological polar surface area (TPSA) is 131 Å². The zero-order chi connectivity index (χ0) is 25.3. The van der Waals surface area contributed by atoms with E-state index in [1.807, 2.05) is 18.2 Å². The second-order valence-electron chi connectivity index (χ2n) is 8.66. The predicted molar refractivity (Wildman–Crippen MR) is 147 cm³/mol. The van der Waals surface area contributed by atoms with Crippen LogP contribution in [0.1, 0.15) is 0 Å². The zero-order valence-corrected chi connectivity index (χ0v) is 22.2. The van der Waals surface area contributed by atoms with Gasteiger partial charge in [0.1, 0.15) is 5.82 Å². The van der Waals surface area contributed by atoms with Gasteiger partial charge in [0.15, 0.2) is 5.82 Å². The number of halogens is 1. The molecule has 0 spiro atoms. The number of rotatable bonds is 7. The molecule has 4 N–H and O–H groups in total. The number of piperazine rings is 1. The van der Waals surface area contributed by atoms with Crippen LogP contribution in [0.15, 0.2) is 53.1 Å². The fourth-order valence-electron chi connectivity index (χ4n) is 3.99. The SMILES string of the molecule is CN1CCN(c2n[nH]c3cc(Nc4ncc(Br)c(Nc5ccccc5NS(C)(=O)=O)n4)ccc23)CC1. The van der Waals surface area contributed by atoms with Crippen molar-refractivity contribution in [3.05, 3.63) is 53.1 Å². The molecule has 2 aromatic heterocycles. The fourth-order valence-corrected chi connectivity index (χ4v) is 4.86. The molecule has 188 valence electrons. The summed E-state index contributed by atoms with van der Waals surface area (Å²) in [5, 5.41) is 15.2. The van der Waals surface area contributed by atoms with E-state index < -0.39 is 10.0 Å². The van der Waals surface area contributed by atoms with E-state index in [9.17, 15) is 8.42 Å². The van der Waals surface area contributed by atoms with Crippen molar-refractivity contribution in [3.8, 4) is 0 Å². The minimum atomic E-state index is -3.44. The molecule has 11 nitrogen and oxygen atoms in total. The van der Waals surface area contributed by atoms with E-state index in [-0.39, 0.29) is 0 Å². The molecule has 0 amide bonds. The van der Waals surface area contributed by atoms with E-state index in [0.717, 1.165) is 54.8 Å². The highest BCUT2D eigenvalue weighted by atomic mass is 79.9. The van der Waals surface area contributed by atoms with Gasteiger partial charge in [0, 0.05) is 43.4 Å². The van der Waals surface area contributed by atoms with Crippen LogP contribution >= 0.6 is 15.9 Å². The molecule has 5 rings (SSSR count). The molecule has 0 unspecified atom stereocenters. The van der Waals surface area contributed by atoms with E-state index in [0.29, 0.717) is 27.6 Å². The van der Waals surface area contributed by atoms with Crippen LogP contribution in [0.3, 0.4) is 0 Å². The lowest BCUT2D eigenvalue weighted by Gasteiger charge is -2.32. The molecule has 1 aliphatic heterocycles. The summed E-state index contributed by atoms with van der Waals surface area (Å²) in [5.41, 5.74) is 2.71. The lowest BCUT2D eigenvalue weighted by molar-refractivity contribution is 0.312. The summed E-state index contributed by atoms with van der Waals surface area (Å²) in [6, 6.07) is 13.0. The van der Waals surface area contributed by atoms with Crippen molar-refractivity contribution in [1.29, 1.82) is 0 Å². The number of nitrogens with one attached hydrogen (secondary N) is 4. The maximum absolute atomic E-state index is 11.7. The quantitative estimate of drug-likeness (QED) is 0.262. The Kier molecular flexibility index (Phi) is 6.69. The van der Waals surface area contributed by atoms with Crippen LogP contribution in [-0.4, -0.2) is 73.0 Å². The lowest BCUT2D eigenvalue weighted by Crippen LogP contribution is -2.44. The first-order chi connectivity index (χ1) is 17.2. The first-order valence-corrected chi connectivity index (χ1v) is 14.0. The normalized spacial score (nSPS) is 14.7. The van der Waals surface area contributed by atoms with Crippen molar-refractivity contribution < 1.29 is 8.42 Å². The molecule has 1 aliphatic rings. The number of nitrogens with zero attached hydrogens (tertiary/aromatic N) is 5. The lowest BCUT2D eigenvalue weighted by atomic mass is 10.2. The Morgan fingerprint density at radius 3 is 2.53 bits per heavy atom. The summed E-state index contributed by atoms with van der Waals surface area (Å²) in [4.78, 5) is 13.6. The van der Waals surface area contributed by atoms with Gasteiger partial charge in [-0.3, -0.25) is 9.82 Å². The number of benzene rings is 2. The van der Waals surface area contributed by atoms with Gasteiger partial charge in [-0.2, -0.15) is 10.1 Å². The Morgan fingerprint density at radius 1 is 1.03 bits per heavy atom. The molecule has 0 saturated carbocycles. The number of anilines is 6. The first-order valence-electron chi connectivity index (χ1n) is 11.3.